The van der Waals surface area contributed by atoms with Crippen LogP contribution >= 0.6 is 11.3 Å². The Hall–Kier alpha value is -2.26. The lowest BCUT2D eigenvalue weighted by molar-refractivity contribution is -0.153. The van der Waals surface area contributed by atoms with E-state index in [9.17, 15) is 24.6 Å². The van der Waals surface area contributed by atoms with Gasteiger partial charge in [0.05, 0.1) is 30.9 Å². The van der Waals surface area contributed by atoms with Crippen molar-refractivity contribution in [1.29, 1.82) is 0 Å². The van der Waals surface area contributed by atoms with Crippen molar-refractivity contribution in [3.05, 3.63) is 21.7 Å². The number of Topliss-reactive ketones (excluding diaryl/α,β-unsaturated/α-hetero) is 1. The van der Waals surface area contributed by atoms with Crippen molar-refractivity contribution >= 4 is 66.3 Å². The van der Waals surface area contributed by atoms with Crippen LogP contribution in [0.25, 0.3) is 6.08 Å². The Bertz CT molecular complexity index is 1800. The van der Waals surface area contributed by atoms with Crippen LogP contribution in [0.2, 0.25) is 54.4 Å². The number of thiazole rings is 1. The van der Waals surface area contributed by atoms with Crippen LogP contribution in [0, 0.1) is 17.3 Å². The number of ether oxygens (including phenoxy) is 1. The SMILES string of the molecule is CC[Si](CC)(CC)O[C@H]1[C@@H](C)CCC[C@]2(C)[C@H](C[C@@H](/C(C)=C/c3csc(CN(C(=O)O)C(=O)O)n3)OC(=O)C[C@H](O[Si](CC)(CC)CC)C(C)(C)C(=O)[C@@H]1C)N2CCO[Si](C)(C)C(C)(C)C. The molecule has 0 bridgehead atoms. The maximum Gasteiger partial charge on any atom is 0.417 e. The second-order valence-electron chi connectivity index (χ2n) is 21.7. The number of amides is 2. The molecule has 3 heterocycles. The highest BCUT2D eigenvalue weighted by Crippen LogP contribution is 2.49. The summed E-state index contributed by atoms with van der Waals surface area (Å²) in [5, 5.41) is 21.0. The summed E-state index contributed by atoms with van der Waals surface area (Å²) in [6, 6.07) is 5.61. The molecule has 1 unspecified atom stereocenters. The molecular weight excluding hydrogens is 907 g/mol. The maximum atomic E-state index is 15.3. The molecule has 13 nitrogen and oxygen atoms in total. The Kier molecular flexibility index (Phi) is 20.7. The first kappa shape index (κ1) is 58.1. The number of carboxylic acid groups (broad SMARTS) is 2. The summed E-state index contributed by atoms with van der Waals surface area (Å²) in [6.45, 7) is 37.9. The number of carbonyl (C=O) groups is 4. The topological polar surface area (TPSA) is 165 Å². The van der Waals surface area contributed by atoms with Crippen molar-refractivity contribution < 1.29 is 47.4 Å². The van der Waals surface area contributed by atoms with Crippen LogP contribution in [0.4, 0.5) is 9.59 Å². The molecule has 2 fully saturated rings. The third-order valence-corrected chi connectivity index (χ3v) is 31.1. The summed E-state index contributed by atoms with van der Waals surface area (Å²) >= 11 is 1.17. The highest BCUT2D eigenvalue weighted by Gasteiger charge is 2.59. The summed E-state index contributed by atoms with van der Waals surface area (Å²) < 4.78 is 28.0. The van der Waals surface area contributed by atoms with Gasteiger partial charge in [0.25, 0.3) is 0 Å². The van der Waals surface area contributed by atoms with Gasteiger partial charge in [-0.25, -0.2) is 19.5 Å². The monoisotopic (exact) mass is 996 g/mol. The van der Waals surface area contributed by atoms with E-state index in [1.165, 1.54) is 11.3 Å². The van der Waals surface area contributed by atoms with Crippen LogP contribution < -0.4 is 0 Å². The van der Waals surface area contributed by atoms with E-state index >= 15 is 4.79 Å². The summed E-state index contributed by atoms with van der Waals surface area (Å²) in [4.78, 5) is 60.6. The van der Waals surface area contributed by atoms with Crippen LogP contribution in [-0.4, -0.2) is 117 Å². The molecule has 2 N–H and O–H groups in total. The van der Waals surface area contributed by atoms with Crippen molar-refractivity contribution in [2.45, 2.75) is 227 Å². The minimum Gasteiger partial charge on any atom is -0.465 e. The quantitative estimate of drug-likeness (QED) is 0.0814. The molecular formula is C49H89N3O10SSi3. The molecule has 0 spiro atoms. The fraction of sp³-hybridized carbons (Fsp3) is 0.816. The smallest absolute Gasteiger partial charge is 0.417 e. The Morgan fingerprint density at radius 3 is 2.02 bits per heavy atom. The third-order valence-electron chi connectivity index (χ3n) is 16.4. The summed E-state index contributed by atoms with van der Waals surface area (Å²) in [6.07, 6.45) is 0.244. The lowest BCUT2D eigenvalue weighted by atomic mass is 9.73. The first-order valence-corrected chi connectivity index (χ1v) is 33.8. The number of imide groups is 1. The molecule has 8 atom stereocenters. The van der Waals surface area contributed by atoms with Crippen LogP contribution in [0.1, 0.15) is 147 Å². The number of nitrogens with zero attached hydrogens (tertiary/aromatic N) is 3. The zero-order chi connectivity index (χ0) is 50.2. The number of aromatic nitrogens is 1. The van der Waals surface area contributed by atoms with Gasteiger partial charge in [-0.05, 0) is 98.7 Å². The van der Waals surface area contributed by atoms with Gasteiger partial charge in [-0.2, -0.15) is 0 Å². The first-order valence-electron chi connectivity index (χ1n) is 24.9. The van der Waals surface area contributed by atoms with Crippen molar-refractivity contribution in [2.24, 2.45) is 17.3 Å². The molecule has 378 valence electrons. The normalized spacial score (nSPS) is 27.5. The zero-order valence-electron chi connectivity index (χ0n) is 43.9. The van der Waals surface area contributed by atoms with Gasteiger partial charge >= 0.3 is 18.2 Å². The number of hydrogen-bond donors (Lipinski definition) is 2. The van der Waals surface area contributed by atoms with Crippen LogP contribution in [0.5, 0.6) is 0 Å². The maximum absolute atomic E-state index is 15.3. The van der Waals surface area contributed by atoms with E-state index in [0.29, 0.717) is 28.6 Å². The van der Waals surface area contributed by atoms with Gasteiger partial charge in [-0.1, -0.05) is 96.4 Å². The minimum atomic E-state index is -2.35. The van der Waals surface area contributed by atoms with Crippen LogP contribution in [-0.2, 0) is 34.1 Å². The lowest BCUT2D eigenvalue weighted by Crippen LogP contribution is -2.53. The van der Waals surface area contributed by atoms with E-state index in [4.69, 9.17) is 18.0 Å². The van der Waals surface area contributed by atoms with Gasteiger partial charge in [-0.3, -0.25) is 14.5 Å². The molecule has 0 aromatic carbocycles. The van der Waals surface area contributed by atoms with E-state index in [1.54, 1.807) is 5.38 Å². The predicted molar refractivity (Wildman–Crippen MR) is 274 cm³/mol. The van der Waals surface area contributed by atoms with Gasteiger partial charge in [0.15, 0.2) is 25.0 Å². The summed E-state index contributed by atoms with van der Waals surface area (Å²) in [7, 11) is -6.51. The highest BCUT2D eigenvalue weighted by atomic mass is 32.1. The Balaban J connectivity index is 2.20. The Morgan fingerprint density at radius 2 is 1.50 bits per heavy atom. The average Bonchev–Trinajstić information content (AvgIpc) is 3.52. The van der Waals surface area contributed by atoms with E-state index in [-0.39, 0.29) is 40.8 Å². The molecule has 0 radical (unpaired) electrons. The molecule has 0 aliphatic carbocycles. The van der Waals surface area contributed by atoms with Crippen molar-refractivity contribution in [2.75, 3.05) is 13.2 Å². The van der Waals surface area contributed by atoms with Gasteiger partial charge in [-0.15, -0.1) is 11.3 Å². The van der Waals surface area contributed by atoms with E-state index in [1.807, 2.05) is 33.8 Å². The molecule has 2 amide bonds. The molecule has 2 saturated heterocycles. The second kappa shape index (κ2) is 23.6. The fourth-order valence-electron chi connectivity index (χ4n) is 9.92. The van der Waals surface area contributed by atoms with E-state index in [0.717, 1.165) is 67.6 Å². The lowest BCUT2D eigenvalue weighted by Gasteiger charge is -2.44. The first-order chi connectivity index (χ1) is 30.6. The predicted octanol–water partition coefficient (Wildman–Crippen LogP) is 12.7. The Labute approximate surface area is 405 Å². The van der Waals surface area contributed by atoms with E-state index < -0.39 is 73.2 Å². The molecule has 66 heavy (non-hydrogen) atoms. The average molecular weight is 997 g/mol. The third kappa shape index (κ3) is 14.0. The second-order valence-corrected chi connectivity index (χ2v) is 36.9. The number of rotatable bonds is 18. The van der Waals surface area contributed by atoms with Gasteiger partial charge < -0.3 is 28.2 Å². The number of cyclic esters (lactones) is 1. The minimum absolute atomic E-state index is 0.0557. The van der Waals surface area contributed by atoms with Crippen molar-refractivity contribution in [1.82, 2.24) is 14.8 Å². The molecule has 2 aliphatic rings. The van der Waals surface area contributed by atoms with Gasteiger partial charge in [0.1, 0.15) is 16.9 Å². The number of fused-ring (bicyclic) bond motifs is 1. The zero-order valence-corrected chi connectivity index (χ0v) is 47.7. The summed E-state index contributed by atoms with van der Waals surface area (Å²) in [5.41, 5.74) is 0.0453. The molecule has 1 aromatic rings. The number of hydrogen-bond acceptors (Lipinski definition) is 11. The molecule has 17 heteroatoms. The summed E-state index contributed by atoms with van der Waals surface area (Å²) in [5.74, 6) is -0.679. The molecule has 2 aliphatic heterocycles. The number of carbonyl (C=O) groups excluding carboxylic acids is 2. The van der Waals surface area contributed by atoms with Gasteiger partial charge in [0.2, 0.25) is 0 Å². The van der Waals surface area contributed by atoms with Crippen LogP contribution in [0.15, 0.2) is 11.0 Å². The standard InChI is InChI=1S/C49H89N3O10SSi3/c1-18-65(19-2,20-3)61-40-31-42(53)60-38(35(8)29-37-33-63-41(50-37)32-51(45(55)56)46(57)58)30-39-49(15,52(39)27-28-59-64(16,17)47(10,11)12)26-24-25-34(7)43(36(9)44(54)48(40,13)14)62-66(21-4,22-5)23-6/h29,33-34,36,38-40,43H,18-28,30-32H2,1-17H3,(H,55,56)(H,57,58)/b35-29+/t34-,36+,38-,39-,40-,43-,49+,52?/m0/s1. The van der Waals surface area contributed by atoms with Crippen molar-refractivity contribution in [3.8, 4) is 0 Å². The molecule has 0 saturated carbocycles. The molecule has 1 aromatic heterocycles. The number of ketones is 1. The van der Waals surface area contributed by atoms with E-state index in [2.05, 4.69) is 99.1 Å². The van der Waals surface area contributed by atoms with Crippen LogP contribution in [0.3, 0.4) is 0 Å². The van der Waals surface area contributed by atoms with Crippen molar-refractivity contribution in [3.63, 3.8) is 0 Å². The largest absolute Gasteiger partial charge is 0.465 e. The molecule has 3 rings (SSSR count). The highest BCUT2D eigenvalue weighted by molar-refractivity contribution is 7.09. The Morgan fingerprint density at radius 1 is 0.955 bits per heavy atom. The van der Waals surface area contributed by atoms with Gasteiger partial charge in [0, 0.05) is 47.9 Å². The number of esters is 1. The fourth-order valence-corrected chi connectivity index (χ4v) is 17.7.